The summed E-state index contributed by atoms with van der Waals surface area (Å²) in [6.07, 6.45) is 3.57. The minimum absolute atomic E-state index is 0.0406. The number of carbonyl (C=O) groups is 2. The van der Waals surface area contributed by atoms with Gasteiger partial charge in [-0.25, -0.2) is 0 Å². The lowest BCUT2D eigenvalue weighted by molar-refractivity contribution is -0.140. The van der Waals surface area contributed by atoms with E-state index < -0.39 is 17.9 Å². The number of carboxylic acids is 1. The van der Waals surface area contributed by atoms with Crippen molar-refractivity contribution in [1.29, 1.82) is 0 Å². The summed E-state index contributed by atoms with van der Waals surface area (Å²) in [4.78, 5) is 30.0. The summed E-state index contributed by atoms with van der Waals surface area (Å²) in [6, 6.07) is 10.1. The Morgan fingerprint density at radius 2 is 2.12 bits per heavy atom. The van der Waals surface area contributed by atoms with Gasteiger partial charge in [-0.3, -0.25) is 9.59 Å². The summed E-state index contributed by atoms with van der Waals surface area (Å²) in [7, 11) is 0. The van der Waals surface area contributed by atoms with Crippen molar-refractivity contribution in [3.05, 3.63) is 59.4 Å². The van der Waals surface area contributed by atoms with E-state index in [-0.39, 0.29) is 12.0 Å². The molecule has 3 atom stereocenters. The average molecular weight is 340 g/mol. The van der Waals surface area contributed by atoms with Crippen LogP contribution in [0.3, 0.4) is 0 Å². The minimum atomic E-state index is -0.933. The molecule has 0 saturated carbocycles. The van der Waals surface area contributed by atoms with Crippen LogP contribution < -0.4 is 0 Å². The summed E-state index contributed by atoms with van der Waals surface area (Å²) in [5, 5.41) is 9.94. The van der Waals surface area contributed by atoms with Crippen LogP contribution >= 0.6 is 0 Å². The molecule has 3 heterocycles. The van der Waals surface area contributed by atoms with Crippen LogP contribution in [0.25, 0.3) is 0 Å². The number of carboxylic acid groups (broad SMARTS) is 1. The molecule has 2 N–H and O–H groups in total. The Labute approximate surface area is 145 Å². The van der Waals surface area contributed by atoms with E-state index in [4.69, 9.17) is 4.74 Å². The number of aliphatic carboxylic acids is 1. The van der Waals surface area contributed by atoms with Gasteiger partial charge in [0.15, 0.2) is 0 Å². The molecule has 1 amide bonds. The number of amides is 1. The SMILES string of the molecule is O=C(O)C1c2ccccc2C(=O)N(CC2CCCO2)C1c1ccc[nH]1. The van der Waals surface area contributed by atoms with Gasteiger partial charge >= 0.3 is 5.97 Å². The van der Waals surface area contributed by atoms with Crippen LogP contribution in [-0.2, 0) is 9.53 Å². The Bertz CT molecular complexity index is 780. The summed E-state index contributed by atoms with van der Waals surface area (Å²) < 4.78 is 5.70. The van der Waals surface area contributed by atoms with Crippen molar-refractivity contribution in [1.82, 2.24) is 9.88 Å². The zero-order valence-electron chi connectivity index (χ0n) is 13.7. The Morgan fingerprint density at radius 1 is 1.28 bits per heavy atom. The number of hydrogen-bond acceptors (Lipinski definition) is 3. The predicted octanol–water partition coefficient (Wildman–Crippen LogP) is 2.56. The fourth-order valence-corrected chi connectivity index (χ4v) is 3.94. The molecule has 0 radical (unpaired) electrons. The van der Waals surface area contributed by atoms with E-state index >= 15 is 0 Å². The van der Waals surface area contributed by atoms with Crippen molar-refractivity contribution in [2.75, 3.05) is 13.2 Å². The number of aromatic nitrogens is 1. The van der Waals surface area contributed by atoms with Crippen LogP contribution in [0.15, 0.2) is 42.6 Å². The van der Waals surface area contributed by atoms with Gasteiger partial charge in [-0.15, -0.1) is 0 Å². The van der Waals surface area contributed by atoms with Crippen LogP contribution in [0.4, 0.5) is 0 Å². The maximum Gasteiger partial charge on any atom is 0.313 e. The van der Waals surface area contributed by atoms with Crippen LogP contribution in [0, 0.1) is 0 Å². The molecule has 130 valence electrons. The largest absolute Gasteiger partial charge is 0.481 e. The van der Waals surface area contributed by atoms with Crippen molar-refractivity contribution in [3.63, 3.8) is 0 Å². The third kappa shape index (κ3) is 2.72. The molecule has 6 heteroatoms. The van der Waals surface area contributed by atoms with E-state index in [1.165, 1.54) is 0 Å². The van der Waals surface area contributed by atoms with Crippen molar-refractivity contribution in [3.8, 4) is 0 Å². The molecular formula is C19H20N2O4. The molecule has 0 aliphatic carbocycles. The van der Waals surface area contributed by atoms with E-state index in [0.29, 0.717) is 24.3 Å². The molecule has 4 rings (SSSR count). The lowest BCUT2D eigenvalue weighted by Gasteiger charge is -2.41. The number of nitrogens with one attached hydrogen (secondary N) is 1. The highest BCUT2D eigenvalue weighted by atomic mass is 16.5. The first-order valence-electron chi connectivity index (χ1n) is 8.54. The maximum absolute atomic E-state index is 13.1. The van der Waals surface area contributed by atoms with Gasteiger partial charge in [-0.05, 0) is 36.6 Å². The standard InChI is InChI=1S/C19H20N2O4/c22-18-14-7-2-1-6-13(14)16(19(23)24)17(15-8-3-9-20-15)21(18)11-12-5-4-10-25-12/h1-3,6-9,12,16-17,20H,4-5,10-11H2,(H,23,24). The molecule has 25 heavy (non-hydrogen) atoms. The molecule has 3 unspecified atom stereocenters. The number of benzene rings is 1. The highest BCUT2D eigenvalue weighted by Gasteiger charge is 2.45. The Kier molecular flexibility index (Phi) is 4.05. The van der Waals surface area contributed by atoms with Gasteiger partial charge in [0.05, 0.1) is 12.1 Å². The van der Waals surface area contributed by atoms with Crippen LogP contribution in [0.5, 0.6) is 0 Å². The number of nitrogens with zero attached hydrogens (tertiary/aromatic N) is 1. The smallest absolute Gasteiger partial charge is 0.313 e. The van der Waals surface area contributed by atoms with Crippen molar-refractivity contribution in [2.45, 2.75) is 30.9 Å². The molecule has 2 aliphatic rings. The van der Waals surface area contributed by atoms with Crippen molar-refractivity contribution >= 4 is 11.9 Å². The quantitative estimate of drug-likeness (QED) is 0.896. The Morgan fingerprint density at radius 3 is 2.80 bits per heavy atom. The summed E-state index contributed by atoms with van der Waals surface area (Å²) >= 11 is 0. The van der Waals surface area contributed by atoms with Crippen molar-refractivity contribution < 1.29 is 19.4 Å². The second-order valence-electron chi connectivity index (χ2n) is 6.57. The summed E-state index contributed by atoms with van der Waals surface area (Å²) in [5.74, 6) is -1.88. The van der Waals surface area contributed by atoms with E-state index in [1.54, 1.807) is 35.4 Å². The fraction of sp³-hybridized carbons (Fsp3) is 0.368. The Hall–Kier alpha value is -2.60. The second kappa shape index (κ2) is 6.37. The topological polar surface area (TPSA) is 82.6 Å². The van der Waals surface area contributed by atoms with Gasteiger partial charge in [0.2, 0.25) is 0 Å². The third-order valence-electron chi connectivity index (χ3n) is 5.07. The van der Waals surface area contributed by atoms with E-state index in [0.717, 1.165) is 18.5 Å². The number of fused-ring (bicyclic) bond motifs is 1. The number of carbonyl (C=O) groups excluding carboxylic acids is 1. The number of hydrogen-bond donors (Lipinski definition) is 2. The molecule has 1 aromatic heterocycles. The maximum atomic E-state index is 13.1. The molecule has 1 aromatic carbocycles. The average Bonchev–Trinajstić information content (AvgIpc) is 3.30. The first-order chi connectivity index (χ1) is 12.2. The Balaban J connectivity index is 1.82. The predicted molar refractivity (Wildman–Crippen MR) is 90.4 cm³/mol. The van der Waals surface area contributed by atoms with E-state index in [1.807, 2.05) is 12.1 Å². The van der Waals surface area contributed by atoms with Crippen LogP contribution in [0.1, 0.15) is 46.4 Å². The van der Waals surface area contributed by atoms with Gasteiger partial charge in [0.1, 0.15) is 5.92 Å². The van der Waals surface area contributed by atoms with E-state index in [2.05, 4.69) is 4.98 Å². The highest BCUT2D eigenvalue weighted by Crippen LogP contribution is 2.42. The summed E-state index contributed by atoms with van der Waals surface area (Å²) in [6.45, 7) is 1.10. The zero-order valence-corrected chi connectivity index (χ0v) is 13.7. The molecular weight excluding hydrogens is 320 g/mol. The monoisotopic (exact) mass is 340 g/mol. The molecule has 6 nitrogen and oxygen atoms in total. The van der Waals surface area contributed by atoms with Crippen molar-refractivity contribution in [2.24, 2.45) is 0 Å². The number of H-pyrrole nitrogens is 1. The number of aromatic amines is 1. The molecule has 0 spiro atoms. The highest BCUT2D eigenvalue weighted by molar-refractivity contribution is 6.00. The second-order valence-corrected chi connectivity index (χ2v) is 6.57. The van der Waals surface area contributed by atoms with Gasteiger partial charge < -0.3 is 19.7 Å². The normalized spacial score (nSPS) is 25.8. The van der Waals surface area contributed by atoms with Crippen LogP contribution in [-0.4, -0.2) is 46.1 Å². The summed E-state index contributed by atoms with van der Waals surface area (Å²) in [5.41, 5.74) is 1.77. The first kappa shape index (κ1) is 15.9. The third-order valence-corrected chi connectivity index (χ3v) is 5.07. The van der Waals surface area contributed by atoms with Gasteiger partial charge in [0.25, 0.3) is 5.91 Å². The molecule has 2 aliphatic heterocycles. The van der Waals surface area contributed by atoms with Gasteiger partial charge in [-0.2, -0.15) is 0 Å². The van der Waals surface area contributed by atoms with E-state index in [9.17, 15) is 14.7 Å². The molecule has 1 saturated heterocycles. The molecule has 2 aromatic rings. The number of ether oxygens (including phenoxy) is 1. The minimum Gasteiger partial charge on any atom is -0.481 e. The first-order valence-corrected chi connectivity index (χ1v) is 8.54. The zero-order chi connectivity index (χ0) is 17.4. The van der Waals surface area contributed by atoms with Crippen LogP contribution in [0.2, 0.25) is 0 Å². The molecule has 1 fully saturated rings. The molecule has 0 bridgehead atoms. The fourth-order valence-electron chi connectivity index (χ4n) is 3.94. The lowest BCUT2D eigenvalue weighted by Crippen LogP contribution is -2.47. The number of rotatable bonds is 4. The lowest BCUT2D eigenvalue weighted by atomic mass is 9.81. The van der Waals surface area contributed by atoms with Gasteiger partial charge in [0, 0.05) is 30.6 Å². The van der Waals surface area contributed by atoms with Gasteiger partial charge in [-0.1, -0.05) is 18.2 Å².